The van der Waals surface area contributed by atoms with E-state index in [-0.39, 0.29) is 23.8 Å². The summed E-state index contributed by atoms with van der Waals surface area (Å²) in [4.78, 5) is 27.8. The van der Waals surface area contributed by atoms with Crippen molar-refractivity contribution in [1.82, 2.24) is 15.6 Å². The highest BCUT2D eigenvalue weighted by molar-refractivity contribution is 5.91. The molecule has 2 amide bonds. The number of aromatic amines is 1. The van der Waals surface area contributed by atoms with Gasteiger partial charge in [0.2, 0.25) is 11.8 Å². The molecule has 23 heavy (non-hydrogen) atoms. The number of hydrogen-bond donors (Lipinski definition) is 3. The molecule has 3 N–H and O–H groups in total. The first-order valence-electron chi connectivity index (χ1n) is 8.20. The SMILES string of the molecule is CC(C)NC(=O)[C@H](Cc1c[nH]c2ccccc12)NC(=O)C1CC1. The number of carbonyl (C=O) groups excluding carboxylic acids is 2. The molecule has 0 radical (unpaired) electrons. The van der Waals surface area contributed by atoms with Crippen LogP contribution in [0.15, 0.2) is 30.5 Å². The van der Waals surface area contributed by atoms with Crippen LogP contribution in [0.5, 0.6) is 0 Å². The molecule has 0 unspecified atom stereocenters. The summed E-state index contributed by atoms with van der Waals surface area (Å²) in [6.07, 6.45) is 4.26. The molecule has 2 aromatic rings. The maximum atomic E-state index is 12.5. The zero-order valence-electron chi connectivity index (χ0n) is 13.6. The summed E-state index contributed by atoms with van der Waals surface area (Å²) < 4.78 is 0. The number of amides is 2. The van der Waals surface area contributed by atoms with Gasteiger partial charge in [-0.3, -0.25) is 9.59 Å². The van der Waals surface area contributed by atoms with Crippen molar-refractivity contribution in [2.75, 3.05) is 0 Å². The highest BCUT2D eigenvalue weighted by atomic mass is 16.2. The Hall–Kier alpha value is -2.30. The van der Waals surface area contributed by atoms with Crippen LogP contribution in [-0.2, 0) is 16.0 Å². The molecule has 0 bridgehead atoms. The van der Waals surface area contributed by atoms with Crippen molar-refractivity contribution in [1.29, 1.82) is 0 Å². The van der Waals surface area contributed by atoms with Crippen LogP contribution in [0.1, 0.15) is 32.3 Å². The van der Waals surface area contributed by atoms with E-state index >= 15 is 0 Å². The van der Waals surface area contributed by atoms with Gasteiger partial charge in [-0.05, 0) is 38.3 Å². The van der Waals surface area contributed by atoms with Crippen LogP contribution in [0.4, 0.5) is 0 Å². The molecule has 1 aliphatic carbocycles. The summed E-state index contributed by atoms with van der Waals surface area (Å²) >= 11 is 0. The van der Waals surface area contributed by atoms with Crippen molar-refractivity contribution in [3.63, 3.8) is 0 Å². The van der Waals surface area contributed by atoms with Crippen LogP contribution >= 0.6 is 0 Å². The predicted molar refractivity (Wildman–Crippen MR) is 89.9 cm³/mol. The molecule has 0 saturated heterocycles. The number of fused-ring (bicyclic) bond motifs is 1. The average molecular weight is 313 g/mol. The summed E-state index contributed by atoms with van der Waals surface area (Å²) in [5.41, 5.74) is 2.08. The monoisotopic (exact) mass is 313 g/mol. The molecule has 3 rings (SSSR count). The van der Waals surface area contributed by atoms with Gasteiger partial charge < -0.3 is 15.6 Å². The minimum atomic E-state index is -0.537. The zero-order chi connectivity index (χ0) is 16.4. The van der Waals surface area contributed by atoms with E-state index in [4.69, 9.17) is 0 Å². The first-order chi connectivity index (χ1) is 11.0. The minimum Gasteiger partial charge on any atom is -0.361 e. The van der Waals surface area contributed by atoms with Crippen LogP contribution in [0.2, 0.25) is 0 Å². The quantitative estimate of drug-likeness (QED) is 0.764. The fraction of sp³-hybridized carbons (Fsp3) is 0.444. The molecule has 1 aliphatic rings. The van der Waals surface area contributed by atoms with E-state index in [1.807, 2.05) is 44.3 Å². The zero-order valence-corrected chi connectivity index (χ0v) is 13.6. The first-order valence-corrected chi connectivity index (χ1v) is 8.20. The van der Waals surface area contributed by atoms with Crippen molar-refractivity contribution in [3.05, 3.63) is 36.0 Å². The highest BCUT2D eigenvalue weighted by Gasteiger charge is 2.33. The van der Waals surface area contributed by atoms with Crippen molar-refractivity contribution in [3.8, 4) is 0 Å². The smallest absolute Gasteiger partial charge is 0.243 e. The minimum absolute atomic E-state index is 0.00579. The van der Waals surface area contributed by atoms with Crippen LogP contribution in [0.25, 0.3) is 10.9 Å². The fourth-order valence-electron chi connectivity index (χ4n) is 2.75. The lowest BCUT2D eigenvalue weighted by Crippen LogP contribution is -2.50. The van der Waals surface area contributed by atoms with Crippen molar-refractivity contribution in [2.45, 2.75) is 45.2 Å². The van der Waals surface area contributed by atoms with Gasteiger partial charge in [-0.15, -0.1) is 0 Å². The second kappa shape index (κ2) is 6.44. The molecule has 1 aromatic heterocycles. The van der Waals surface area contributed by atoms with Gasteiger partial charge in [-0.2, -0.15) is 0 Å². The van der Waals surface area contributed by atoms with E-state index in [1.54, 1.807) is 0 Å². The number of aromatic nitrogens is 1. The summed E-state index contributed by atoms with van der Waals surface area (Å²) in [5.74, 6) is -0.0413. The number of nitrogens with one attached hydrogen (secondary N) is 3. The lowest BCUT2D eigenvalue weighted by molar-refractivity contribution is -0.129. The Bertz CT molecular complexity index is 716. The summed E-state index contributed by atoms with van der Waals surface area (Å²) in [6.45, 7) is 3.84. The third-order valence-electron chi connectivity index (χ3n) is 4.11. The number of para-hydroxylation sites is 1. The normalized spacial score (nSPS) is 15.6. The summed E-state index contributed by atoms with van der Waals surface area (Å²) in [5, 5.41) is 6.92. The molecular weight excluding hydrogens is 290 g/mol. The molecule has 1 fully saturated rings. The molecule has 5 heteroatoms. The second-order valence-electron chi connectivity index (χ2n) is 6.56. The van der Waals surface area contributed by atoms with Crippen molar-refractivity contribution >= 4 is 22.7 Å². The van der Waals surface area contributed by atoms with Gasteiger partial charge in [-0.25, -0.2) is 0 Å². The van der Waals surface area contributed by atoms with Gasteiger partial charge >= 0.3 is 0 Å². The Morgan fingerprint density at radius 3 is 2.65 bits per heavy atom. The Kier molecular flexibility index (Phi) is 4.37. The van der Waals surface area contributed by atoms with E-state index in [0.717, 1.165) is 29.3 Å². The standard InChI is InChI=1S/C18H23N3O2/c1-11(2)20-18(23)16(21-17(22)12-7-8-12)9-13-10-19-15-6-4-3-5-14(13)15/h3-6,10-12,16,19H,7-9H2,1-2H3,(H,20,23)(H,21,22)/t16-/m0/s1. The molecule has 1 aromatic carbocycles. The van der Waals surface area contributed by atoms with Crippen LogP contribution in [0, 0.1) is 5.92 Å². The average Bonchev–Trinajstić information content (AvgIpc) is 3.28. The van der Waals surface area contributed by atoms with Crippen molar-refractivity contribution in [2.24, 2.45) is 5.92 Å². The second-order valence-corrected chi connectivity index (χ2v) is 6.56. The molecule has 1 atom stereocenters. The predicted octanol–water partition coefficient (Wildman–Crippen LogP) is 2.13. The lowest BCUT2D eigenvalue weighted by Gasteiger charge is -2.20. The van der Waals surface area contributed by atoms with E-state index in [0.29, 0.717) is 6.42 Å². The largest absolute Gasteiger partial charge is 0.361 e. The van der Waals surface area contributed by atoms with Gasteiger partial charge in [0.15, 0.2) is 0 Å². The third-order valence-corrected chi connectivity index (χ3v) is 4.11. The summed E-state index contributed by atoms with van der Waals surface area (Å²) in [7, 11) is 0. The highest BCUT2D eigenvalue weighted by Crippen LogP contribution is 2.29. The first kappa shape index (κ1) is 15.6. The molecular formula is C18H23N3O2. The van der Waals surface area contributed by atoms with Crippen LogP contribution in [-0.4, -0.2) is 28.9 Å². The Morgan fingerprint density at radius 2 is 1.96 bits per heavy atom. The molecule has 1 saturated carbocycles. The van der Waals surface area contributed by atoms with E-state index in [2.05, 4.69) is 15.6 Å². The van der Waals surface area contributed by atoms with Crippen molar-refractivity contribution < 1.29 is 9.59 Å². The van der Waals surface area contributed by atoms with E-state index in [9.17, 15) is 9.59 Å². The molecule has 1 heterocycles. The Labute approximate surface area is 135 Å². The number of rotatable bonds is 6. The molecule has 122 valence electrons. The van der Waals surface area contributed by atoms with E-state index in [1.165, 1.54) is 0 Å². The van der Waals surface area contributed by atoms with E-state index < -0.39 is 6.04 Å². The molecule has 0 spiro atoms. The lowest BCUT2D eigenvalue weighted by atomic mass is 10.0. The number of carbonyl (C=O) groups is 2. The number of benzene rings is 1. The summed E-state index contributed by atoms with van der Waals surface area (Å²) in [6, 6.07) is 7.49. The number of H-pyrrole nitrogens is 1. The van der Waals surface area contributed by atoms with Crippen LogP contribution in [0.3, 0.4) is 0 Å². The maximum absolute atomic E-state index is 12.5. The van der Waals surface area contributed by atoms with Gasteiger partial charge in [0.25, 0.3) is 0 Å². The van der Waals surface area contributed by atoms with Gasteiger partial charge in [-0.1, -0.05) is 18.2 Å². The Balaban J connectivity index is 1.79. The fourth-order valence-corrected chi connectivity index (χ4v) is 2.75. The third kappa shape index (κ3) is 3.73. The van der Waals surface area contributed by atoms with Crippen LogP contribution < -0.4 is 10.6 Å². The molecule has 5 nitrogen and oxygen atoms in total. The van der Waals surface area contributed by atoms with Gasteiger partial charge in [0.05, 0.1) is 0 Å². The maximum Gasteiger partial charge on any atom is 0.243 e. The van der Waals surface area contributed by atoms with Gasteiger partial charge in [0, 0.05) is 35.5 Å². The topological polar surface area (TPSA) is 74.0 Å². The Morgan fingerprint density at radius 1 is 1.22 bits per heavy atom. The molecule has 0 aliphatic heterocycles. The van der Waals surface area contributed by atoms with Gasteiger partial charge in [0.1, 0.15) is 6.04 Å². The number of hydrogen-bond acceptors (Lipinski definition) is 2.